The summed E-state index contributed by atoms with van der Waals surface area (Å²) in [6.07, 6.45) is 3.07. The molecule has 0 aromatic heterocycles. The summed E-state index contributed by atoms with van der Waals surface area (Å²) in [5, 5.41) is 17.7. The van der Waals surface area contributed by atoms with Crippen molar-refractivity contribution in [2.75, 3.05) is 26.2 Å². The summed E-state index contributed by atoms with van der Waals surface area (Å²) in [6.45, 7) is 9.09. The molecule has 0 atom stereocenters. The van der Waals surface area contributed by atoms with Crippen LogP contribution in [0.3, 0.4) is 0 Å². The lowest BCUT2D eigenvalue weighted by atomic mass is 9.90. The zero-order valence-electron chi connectivity index (χ0n) is 10.3. The fraction of sp³-hybridized carbons (Fsp3) is 0.917. The number of nitrogens with zero attached hydrogens (tertiary/aromatic N) is 2. The second-order valence-electron chi connectivity index (χ2n) is 4.66. The molecule has 0 heterocycles. The Morgan fingerprint density at radius 1 is 1.27 bits per heavy atom. The fourth-order valence-corrected chi connectivity index (χ4v) is 1.59. The molecule has 0 radical (unpaired) electrons. The van der Waals surface area contributed by atoms with Crippen molar-refractivity contribution in [2.24, 2.45) is 5.41 Å². The van der Waals surface area contributed by atoms with E-state index >= 15 is 0 Å². The Kier molecular flexibility index (Phi) is 7.37. The van der Waals surface area contributed by atoms with Crippen LogP contribution >= 0.6 is 0 Å². The van der Waals surface area contributed by atoms with Gasteiger partial charge in [0.2, 0.25) is 0 Å². The summed E-state index contributed by atoms with van der Waals surface area (Å²) < 4.78 is 0. The Hall–Kier alpha value is -0.590. The van der Waals surface area contributed by atoms with Gasteiger partial charge in [0.15, 0.2) is 0 Å². The summed E-state index contributed by atoms with van der Waals surface area (Å²) in [5.74, 6) is 0. The maximum atomic E-state index is 8.87. The maximum Gasteiger partial charge on any atom is 0.0683 e. The Labute approximate surface area is 93.7 Å². The van der Waals surface area contributed by atoms with Crippen molar-refractivity contribution in [3.8, 4) is 6.07 Å². The van der Waals surface area contributed by atoms with Gasteiger partial charge in [-0.15, -0.1) is 0 Å². The van der Waals surface area contributed by atoms with E-state index in [1.807, 2.05) is 13.8 Å². The third-order valence-corrected chi connectivity index (χ3v) is 2.53. The monoisotopic (exact) mass is 212 g/mol. The highest BCUT2D eigenvalue weighted by molar-refractivity contribution is 4.91. The molecule has 0 spiro atoms. The van der Waals surface area contributed by atoms with Crippen LogP contribution in [0, 0.1) is 16.7 Å². The van der Waals surface area contributed by atoms with Crippen LogP contribution in [0.25, 0.3) is 0 Å². The van der Waals surface area contributed by atoms with E-state index in [4.69, 9.17) is 10.4 Å². The summed E-state index contributed by atoms with van der Waals surface area (Å²) in [5.41, 5.74) is -0.211. The molecule has 0 saturated heterocycles. The zero-order chi connectivity index (χ0) is 11.7. The molecule has 0 bridgehead atoms. The van der Waals surface area contributed by atoms with Gasteiger partial charge in [0.25, 0.3) is 0 Å². The Balaban J connectivity index is 3.75. The molecular formula is C12H24N2O. The van der Waals surface area contributed by atoms with Crippen molar-refractivity contribution >= 4 is 0 Å². The lowest BCUT2D eigenvalue weighted by molar-refractivity contribution is 0.189. The lowest BCUT2D eigenvalue weighted by Gasteiger charge is -2.22. The molecule has 0 aliphatic rings. The van der Waals surface area contributed by atoms with Crippen LogP contribution in [0.4, 0.5) is 0 Å². The SMILES string of the molecule is CCCN(CCO)CCCC(C)(C)C#N. The van der Waals surface area contributed by atoms with Gasteiger partial charge in [-0.2, -0.15) is 5.26 Å². The highest BCUT2D eigenvalue weighted by atomic mass is 16.3. The van der Waals surface area contributed by atoms with Crippen LogP contribution in [0.2, 0.25) is 0 Å². The van der Waals surface area contributed by atoms with Crippen molar-refractivity contribution in [3.63, 3.8) is 0 Å². The van der Waals surface area contributed by atoms with E-state index in [2.05, 4.69) is 17.9 Å². The topological polar surface area (TPSA) is 47.3 Å². The molecule has 3 heteroatoms. The van der Waals surface area contributed by atoms with Crippen LogP contribution in [0.5, 0.6) is 0 Å². The van der Waals surface area contributed by atoms with Crippen LogP contribution in [0.1, 0.15) is 40.0 Å². The van der Waals surface area contributed by atoms with Gasteiger partial charge in [-0.05, 0) is 46.2 Å². The van der Waals surface area contributed by atoms with E-state index in [0.29, 0.717) is 0 Å². The molecule has 0 aliphatic heterocycles. The van der Waals surface area contributed by atoms with Gasteiger partial charge in [0.05, 0.1) is 18.1 Å². The van der Waals surface area contributed by atoms with Crippen LogP contribution in [-0.2, 0) is 0 Å². The number of rotatable bonds is 8. The van der Waals surface area contributed by atoms with E-state index in [-0.39, 0.29) is 12.0 Å². The molecule has 0 aromatic rings. The first-order valence-electron chi connectivity index (χ1n) is 5.80. The van der Waals surface area contributed by atoms with E-state index in [0.717, 1.165) is 38.9 Å². The van der Waals surface area contributed by atoms with Gasteiger partial charge in [0, 0.05) is 6.54 Å². The molecule has 0 fully saturated rings. The first-order valence-corrected chi connectivity index (χ1v) is 5.80. The maximum absolute atomic E-state index is 8.87. The molecule has 3 nitrogen and oxygen atoms in total. The minimum absolute atomic E-state index is 0.211. The first kappa shape index (κ1) is 14.4. The average Bonchev–Trinajstić information content (AvgIpc) is 2.18. The number of hydrogen-bond acceptors (Lipinski definition) is 3. The molecule has 0 amide bonds. The van der Waals surface area contributed by atoms with Gasteiger partial charge in [-0.25, -0.2) is 0 Å². The van der Waals surface area contributed by atoms with Gasteiger partial charge in [-0.3, -0.25) is 0 Å². The minimum Gasteiger partial charge on any atom is -0.395 e. The fourth-order valence-electron chi connectivity index (χ4n) is 1.59. The van der Waals surface area contributed by atoms with E-state index in [9.17, 15) is 0 Å². The third-order valence-electron chi connectivity index (χ3n) is 2.53. The quantitative estimate of drug-likeness (QED) is 0.669. The van der Waals surface area contributed by atoms with Gasteiger partial charge in [-0.1, -0.05) is 6.92 Å². The summed E-state index contributed by atoms with van der Waals surface area (Å²) >= 11 is 0. The van der Waals surface area contributed by atoms with E-state index in [1.54, 1.807) is 0 Å². The van der Waals surface area contributed by atoms with Crippen LogP contribution in [-0.4, -0.2) is 36.2 Å². The molecule has 88 valence electrons. The largest absolute Gasteiger partial charge is 0.395 e. The van der Waals surface area contributed by atoms with E-state index in [1.165, 1.54) is 0 Å². The summed E-state index contributed by atoms with van der Waals surface area (Å²) in [6, 6.07) is 2.31. The van der Waals surface area contributed by atoms with Gasteiger partial charge < -0.3 is 10.0 Å². The molecule has 0 rings (SSSR count). The van der Waals surface area contributed by atoms with Crippen molar-refractivity contribution < 1.29 is 5.11 Å². The van der Waals surface area contributed by atoms with Crippen molar-refractivity contribution in [3.05, 3.63) is 0 Å². The predicted octanol–water partition coefficient (Wildman–Crippen LogP) is 2.02. The summed E-state index contributed by atoms with van der Waals surface area (Å²) in [4.78, 5) is 2.26. The molecular weight excluding hydrogens is 188 g/mol. The molecule has 0 saturated carbocycles. The lowest BCUT2D eigenvalue weighted by Crippen LogP contribution is -2.29. The molecule has 0 aromatic carbocycles. The highest BCUT2D eigenvalue weighted by Crippen LogP contribution is 2.20. The second kappa shape index (κ2) is 7.67. The Morgan fingerprint density at radius 2 is 1.93 bits per heavy atom. The van der Waals surface area contributed by atoms with Crippen molar-refractivity contribution in [1.29, 1.82) is 5.26 Å². The minimum atomic E-state index is -0.211. The molecule has 15 heavy (non-hydrogen) atoms. The number of aliphatic hydroxyl groups is 1. The number of hydrogen-bond donors (Lipinski definition) is 1. The molecule has 0 unspecified atom stereocenters. The Morgan fingerprint density at radius 3 is 2.40 bits per heavy atom. The number of aliphatic hydroxyl groups excluding tert-OH is 1. The van der Waals surface area contributed by atoms with Crippen LogP contribution < -0.4 is 0 Å². The molecule has 1 N–H and O–H groups in total. The Bertz CT molecular complexity index is 190. The second-order valence-corrected chi connectivity index (χ2v) is 4.66. The normalized spacial score (nSPS) is 11.7. The summed E-state index contributed by atoms with van der Waals surface area (Å²) in [7, 11) is 0. The predicted molar refractivity (Wildman–Crippen MR) is 62.4 cm³/mol. The highest BCUT2D eigenvalue weighted by Gasteiger charge is 2.16. The van der Waals surface area contributed by atoms with Crippen LogP contribution in [0.15, 0.2) is 0 Å². The van der Waals surface area contributed by atoms with Crippen molar-refractivity contribution in [2.45, 2.75) is 40.0 Å². The standard InChI is InChI=1S/C12H24N2O/c1-4-7-14(9-10-15)8-5-6-12(2,3)11-13/h15H,4-10H2,1-3H3. The zero-order valence-corrected chi connectivity index (χ0v) is 10.3. The number of nitriles is 1. The first-order chi connectivity index (χ1) is 7.05. The van der Waals surface area contributed by atoms with Gasteiger partial charge in [0.1, 0.15) is 0 Å². The smallest absolute Gasteiger partial charge is 0.0683 e. The average molecular weight is 212 g/mol. The third kappa shape index (κ3) is 7.35. The molecule has 0 aliphatic carbocycles. The van der Waals surface area contributed by atoms with Gasteiger partial charge >= 0.3 is 0 Å². The van der Waals surface area contributed by atoms with E-state index < -0.39 is 0 Å². The van der Waals surface area contributed by atoms with Crippen molar-refractivity contribution in [1.82, 2.24) is 4.90 Å².